The van der Waals surface area contributed by atoms with E-state index in [1.165, 1.54) is 11.3 Å². The molecule has 3 heterocycles. The lowest BCUT2D eigenvalue weighted by Crippen LogP contribution is -2.36. The minimum Gasteiger partial charge on any atom is -0.378 e. The Balaban J connectivity index is 1.54. The van der Waals surface area contributed by atoms with Gasteiger partial charge in [0.1, 0.15) is 0 Å². The number of benzene rings is 1. The SMILES string of the molecule is Cc1cnc(NCc2ccccc2N2CCOCC2)nc1-c1ccnn1C. The van der Waals surface area contributed by atoms with Gasteiger partial charge < -0.3 is 15.0 Å². The van der Waals surface area contributed by atoms with Gasteiger partial charge in [-0.1, -0.05) is 18.2 Å². The average Bonchev–Trinajstić information content (AvgIpc) is 3.14. The summed E-state index contributed by atoms with van der Waals surface area (Å²) in [6, 6.07) is 10.4. The first-order valence-corrected chi connectivity index (χ1v) is 9.19. The highest BCUT2D eigenvalue weighted by atomic mass is 16.5. The molecule has 27 heavy (non-hydrogen) atoms. The summed E-state index contributed by atoms with van der Waals surface area (Å²) < 4.78 is 7.30. The molecule has 0 radical (unpaired) electrons. The van der Waals surface area contributed by atoms with Gasteiger partial charge in [0, 0.05) is 44.8 Å². The molecule has 1 aromatic carbocycles. The second-order valence-corrected chi connectivity index (χ2v) is 6.65. The summed E-state index contributed by atoms with van der Waals surface area (Å²) in [5, 5.41) is 7.62. The van der Waals surface area contributed by atoms with Gasteiger partial charge in [-0.3, -0.25) is 4.68 Å². The number of ether oxygens (including phenoxy) is 1. The van der Waals surface area contributed by atoms with Crippen LogP contribution in [-0.2, 0) is 18.3 Å². The quantitative estimate of drug-likeness (QED) is 0.751. The third-order valence-corrected chi connectivity index (χ3v) is 4.82. The van der Waals surface area contributed by atoms with Crippen molar-refractivity contribution in [2.75, 3.05) is 36.5 Å². The van der Waals surface area contributed by atoms with Crippen LogP contribution < -0.4 is 10.2 Å². The number of hydrogen-bond donors (Lipinski definition) is 1. The van der Waals surface area contributed by atoms with Gasteiger partial charge in [0.15, 0.2) is 0 Å². The van der Waals surface area contributed by atoms with Crippen molar-refractivity contribution >= 4 is 11.6 Å². The van der Waals surface area contributed by atoms with Crippen molar-refractivity contribution in [3.8, 4) is 11.4 Å². The van der Waals surface area contributed by atoms with E-state index < -0.39 is 0 Å². The van der Waals surface area contributed by atoms with Crippen LogP contribution in [0.4, 0.5) is 11.6 Å². The van der Waals surface area contributed by atoms with Gasteiger partial charge in [0.05, 0.1) is 24.6 Å². The van der Waals surface area contributed by atoms with Crippen LogP contribution in [0.1, 0.15) is 11.1 Å². The molecule has 2 aromatic heterocycles. The molecule has 140 valence electrons. The predicted molar refractivity (Wildman–Crippen MR) is 106 cm³/mol. The Morgan fingerprint density at radius 2 is 1.96 bits per heavy atom. The first-order chi connectivity index (χ1) is 13.2. The molecule has 1 aliphatic rings. The number of rotatable bonds is 5. The standard InChI is InChI=1S/C20H24N6O/c1-15-13-21-20(24-19(15)18-7-8-23-25(18)2)22-14-16-5-3-4-6-17(16)26-9-11-27-12-10-26/h3-8,13H,9-12,14H2,1-2H3,(H,21,22,24). The third-order valence-electron chi connectivity index (χ3n) is 4.82. The van der Waals surface area contributed by atoms with Gasteiger partial charge >= 0.3 is 0 Å². The average molecular weight is 364 g/mol. The number of morpholine rings is 1. The Morgan fingerprint density at radius 1 is 1.15 bits per heavy atom. The Bertz CT molecular complexity index is 916. The lowest BCUT2D eigenvalue weighted by Gasteiger charge is -2.30. The number of nitrogens with zero attached hydrogens (tertiary/aromatic N) is 5. The summed E-state index contributed by atoms with van der Waals surface area (Å²) >= 11 is 0. The molecule has 3 aromatic rings. The summed E-state index contributed by atoms with van der Waals surface area (Å²) in [5.41, 5.74) is 5.37. The molecule has 1 fully saturated rings. The molecule has 7 nitrogen and oxygen atoms in total. The molecule has 0 unspecified atom stereocenters. The Labute approximate surface area is 159 Å². The smallest absolute Gasteiger partial charge is 0.223 e. The monoisotopic (exact) mass is 364 g/mol. The van der Waals surface area contributed by atoms with E-state index in [2.05, 4.69) is 44.6 Å². The summed E-state index contributed by atoms with van der Waals surface area (Å²) in [6.07, 6.45) is 3.63. The van der Waals surface area contributed by atoms with E-state index in [0.717, 1.165) is 43.3 Å². The van der Waals surface area contributed by atoms with Crippen LogP contribution in [0.25, 0.3) is 11.4 Å². The number of anilines is 2. The van der Waals surface area contributed by atoms with E-state index in [4.69, 9.17) is 9.72 Å². The summed E-state index contributed by atoms with van der Waals surface area (Å²) in [7, 11) is 1.92. The van der Waals surface area contributed by atoms with Crippen LogP contribution in [0.5, 0.6) is 0 Å². The van der Waals surface area contributed by atoms with Crippen molar-refractivity contribution in [1.82, 2.24) is 19.7 Å². The van der Waals surface area contributed by atoms with Crippen LogP contribution in [0.3, 0.4) is 0 Å². The van der Waals surface area contributed by atoms with Crippen molar-refractivity contribution in [2.24, 2.45) is 7.05 Å². The molecule has 0 amide bonds. The summed E-state index contributed by atoms with van der Waals surface area (Å²) in [5.74, 6) is 0.619. The van der Waals surface area contributed by atoms with E-state index in [-0.39, 0.29) is 0 Å². The second-order valence-electron chi connectivity index (χ2n) is 6.65. The maximum atomic E-state index is 5.48. The highest BCUT2D eigenvalue weighted by Gasteiger charge is 2.15. The molecule has 1 saturated heterocycles. The van der Waals surface area contributed by atoms with Crippen molar-refractivity contribution in [3.63, 3.8) is 0 Å². The molecular formula is C20H24N6O. The Hall–Kier alpha value is -2.93. The van der Waals surface area contributed by atoms with Crippen LogP contribution in [0, 0.1) is 6.92 Å². The van der Waals surface area contributed by atoms with Crippen molar-refractivity contribution in [1.29, 1.82) is 0 Å². The predicted octanol–water partition coefficient (Wildman–Crippen LogP) is 2.63. The normalized spacial score (nSPS) is 14.4. The first kappa shape index (κ1) is 17.5. The number of para-hydroxylation sites is 1. The van der Waals surface area contributed by atoms with E-state index in [1.54, 1.807) is 6.20 Å². The minimum atomic E-state index is 0.619. The Kier molecular flexibility index (Phi) is 5.02. The first-order valence-electron chi connectivity index (χ1n) is 9.19. The van der Waals surface area contributed by atoms with Crippen molar-refractivity contribution in [2.45, 2.75) is 13.5 Å². The molecule has 0 aliphatic carbocycles. The molecule has 4 rings (SSSR count). The summed E-state index contributed by atoms with van der Waals surface area (Å²) in [6.45, 7) is 6.07. The fourth-order valence-corrected chi connectivity index (χ4v) is 3.34. The van der Waals surface area contributed by atoms with Crippen LogP contribution in [0.15, 0.2) is 42.7 Å². The zero-order valence-electron chi connectivity index (χ0n) is 15.7. The van der Waals surface area contributed by atoms with Gasteiger partial charge in [-0.15, -0.1) is 0 Å². The second kappa shape index (κ2) is 7.75. The third kappa shape index (κ3) is 3.78. The number of aromatic nitrogens is 4. The Morgan fingerprint density at radius 3 is 2.74 bits per heavy atom. The molecule has 7 heteroatoms. The summed E-state index contributed by atoms with van der Waals surface area (Å²) in [4.78, 5) is 11.5. The zero-order chi connectivity index (χ0) is 18.6. The lowest BCUT2D eigenvalue weighted by atomic mass is 10.1. The highest BCUT2D eigenvalue weighted by molar-refractivity contribution is 5.60. The van der Waals surface area contributed by atoms with E-state index in [0.29, 0.717) is 12.5 Å². The van der Waals surface area contributed by atoms with Gasteiger partial charge in [0.25, 0.3) is 0 Å². The van der Waals surface area contributed by atoms with Gasteiger partial charge in [-0.25, -0.2) is 9.97 Å². The lowest BCUT2D eigenvalue weighted by molar-refractivity contribution is 0.122. The molecule has 1 N–H and O–H groups in total. The van der Waals surface area contributed by atoms with E-state index in [9.17, 15) is 0 Å². The molecule has 0 spiro atoms. The number of hydrogen-bond acceptors (Lipinski definition) is 6. The van der Waals surface area contributed by atoms with E-state index >= 15 is 0 Å². The highest BCUT2D eigenvalue weighted by Crippen LogP contribution is 2.24. The van der Waals surface area contributed by atoms with Crippen LogP contribution in [-0.4, -0.2) is 46.1 Å². The van der Waals surface area contributed by atoms with Crippen molar-refractivity contribution < 1.29 is 4.74 Å². The number of aryl methyl sites for hydroxylation is 2. The fourth-order valence-electron chi connectivity index (χ4n) is 3.34. The largest absolute Gasteiger partial charge is 0.378 e. The number of nitrogens with one attached hydrogen (secondary N) is 1. The molecular weight excluding hydrogens is 340 g/mol. The zero-order valence-corrected chi connectivity index (χ0v) is 15.7. The topological polar surface area (TPSA) is 68.1 Å². The van der Waals surface area contributed by atoms with Crippen LogP contribution in [0.2, 0.25) is 0 Å². The van der Waals surface area contributed by atoms with Crippen LogP contribution >= 0.6 is 0 Å². The van der Waals surface area contributed by atoms with Gasteiger partial charge in [-0.2, -0.15) is 5.10 Å². The molecule has 0 atom stereocenters. The molecule has 1 aliphatic heterocycles. The maximum absolute atomic E-state index is 5.48. The van der Waals surface area contributed by atoms with E-state index in [1.807, 2.05) is 30.9 Å². The fraction of sp³-hybridized carbons (Fsp3) is 0.350. The minimum absolute atomic E-state index is 0.619. The molecule has 0 saturated carbocycles. The van der Waals surface area contributed by atoms with Crippen molar-refractivity contribution in [3.05, 3.63) is 53.9 Å². The maximum Gasteiger partial charge on any atom is 0.223 e. The van der Waals surface area contributed by atoms with Gasteiger partial charge in [-0.05, 0) is 30.2 Å². The molecule has 0 bridgehead atoms. The van der Waals surface area contributed by atoms with Gasteiger partial charge in [0.2, 0.25) is 5.95 Å².